The number of para-hydroxylation sites is 3. The van der Waals surface area contributed by atoms with Crippen LogP contribution in [0.4, 0.5) is 5.69 Å². The second-order valence-corrected chi connectivity index (χ2v) is 10.7. The smallest absolute Gasteiger partial charge is 0.135 e. The third kappa shape index (κ3) is 3.74. The maximum atomic E-state index is 5.88. The lowest BCUT2D eigenvalue weighted by atomic mass is 9.99. The van der Waals surface area contributed by atoms with Gasteiger partial charge in [-0.25, -0.2) is 0 Å². The molecular formula is C38H28N2O. The van der Waals surface area contributed by atoms with Crippen LogP contribution in [0.5, 0.6) is 0 Å². The van der Waals surface area contributed by atoms with Gasteiger partial charge in [-0.2, -0.15) is 0 Å². The monoisotopic (exact) mass is 528 g/mol. The molecule has 0 radical (unpaired) electrons. The Morgan fingerprint density at radius 3 is 2.29 bits per heavy atom. The van der Waals surface area contributed by atoms with E-state index in [1.807, 2.05) is 18.2 Å². The van der Waals surface area contributed by atoms with Crippen LogP contribution in [-0.2, 0) is 6.42 Å². The topological polar surface area (TPSA) is 21.3 Å². The molecule has 3 heteroatoms. The molecule has 0 aliphatic carbocycles. The van der Waals surface area contributed by atoms with Crippen molar-refractivity contribution in [3.63, 3.8) is 0 Å². The Morgan fingerprint density at radius 2 is 1.41 bits per heavy atom. The van der Waals surface area contributed by atoms with Crippen molar-refractivity contribution in [2.24, 2.45) is 0 Å². The van der Waals surface area contributed by atoms with E-state index in [2.05, 4.69) is 126 Å². The van der Waals surface area contributed by atoms with E-state index in [-0.39, 0.29) is 0 Å². The van der Waals surface area contributed by atoms with E-state index < -0.39 is 0 Å². The van der Waals surface area contributed by atoms with Crippen molar-refractivity contribution in [1.29, 1.82) is 0 Å². The maximum Gasteiger partial charge on any atom is 0.135 e. The number of nitrogens with zero attached hydrogens (tertiary/aromatic N) is 2. The quantitative estimate of drug-likeness (QED) is 0.231. The van der Waals surface area contributed by atoms with Crippen LogP contribution >= 0.6 is 0 Å². The van der Waals surface area contributed by atoms with Gasteiger partial charge >= 0.3 is 0 Å². The molecule has 0 spiro atoms. The molecule has 0 N–H and O–H groups in total. The van der Waals surface area contributed by atoms with E-state index in [1.165, 1.54) is 49.9 Å². The molecule has 2 aromatic heterocycles. The van der Waals surface area contributed by atoms with Gasteiger partial charge in [0.15, 0.2) is 0 Å². The number of rotatable bonds is 4. The van der Waals surface area contributed by atoms with Crippen LogP contribution in [0.25, 0.3) is 62.2 Å². The Hall–Kier alpha value is -5.28. The van der Waals surface area contributed by atoms with Crippen LogP contribution in [0.2, 0.25) is 0 Å². The fourth-order valence-corrected chi connectivity index (χ4v) is 6.41. The average molecular weight is 529 g/mol. The molecule has 0 bridgehead atoms. The molecule has 0 fully saturated rings. The zero-order valence-electron chi connectivity index (χ0n) is 22.7. The van der Waals surface area contributed by atoms with Crippen molar-refractivity contribution >= 4 is 51.1 Å². The summed E-state index contributed by atoms with van der Waals surface area (Å²) in [6.45, 7) is 9.46. The van der Waals surface area contributed by atoms with Gasteiger partial charge in [0.2, 0.25) is 0 Å². The van der Waals surface area contributed by atoms with Gasteiger partial charge in [-0.15, -0.1) is 0 Å². The summed E-state index contributed by atoms with van der Waals surface area (Å²) in [6.07, 6.45) is 3.09. The largest absolute Gasteiger partial charge is 0.457 e. The van der Waals surface area contributed by atoms with Gasteiger partial charge in [-0.1, -0.05) is 79.9 Å². The predicted molar refractivity (Wildman–Crippen MR) is 172 cm³/mol. The molecule has 3 heterocycles. The highest BCUT2D eigenvalue weighted by atomic mass is 16.3. The summed E-state index contributed by atoms with van der Waals surface area (Å²) >= 11 is 0. The van der Waals surface area contributed by atoms with Crippen LogP contribution in [0.15, 0.2) is 132 Å². The number of aromatic nitrogens is 1. The third-order valence-corrected chi connectivity index (χ3v) is 8.36. The lowest BCUT2D eigenvalue weighted by Crippen LogP contribution is -2.23. The van der Waals surface area contributed by atoms with E-state index >= 15 is 0 Å². The standard InChI is InChI=1S/C38H28N2O/c1-25(22-33-26(2)41-38-15-9-7-13-32(33)38)39-21-20-29-23-27(16-18-35(29)39)28-17-19-37-34(24-28)31-12-6-8-14-36(31)40(37)30-10-4-3-5-11-30/h3-19,22-24H,1-2,20-21H2/b33-22+. The first kappa shape index (κ1) is 23.6. The lowest BCUT2D eigenvalue weighted by Gasteiger charge is -2.20. The lowest BCUT2D eigenvalue weighted by molar-refractivity contribution is 0.577. The van der Waals surface area contributed by atoms with Crippen LogP contribution in [0.1, 0.15) is 5.56 Å². The Balaban J connectivity index is 1.18. The molecular weight excluding hydrogens is 500 g/mol. The number of benzene rings is 5. The molecule has 196 valence electrons. The van der Waals surface area contributed by atoms with E-state index in [9.17, 15) is 0 Å². The second-order valence-electron chi connectivity index (χ2n) is 10.7. The van der Waals surface area contributed by atoms with Gasteiger partial charge in [-0.3, -0.25) is 0 Å². The minimum Gasteiger partial charge on any atom is -0.457 e. The summed E-state index contributed by atoms with van der Waals surface area (Å²) in [5.41, 5.74) is 11.1. The average Bonchev–Trinajstić information content (AvgIpc) is 3.68. The van der Waals surface area contributed by atoms with Crippen molar-refractivity contribution in [2.45, 2.75) is 6.42 Å². The number of allylic oxidation sites excluding steroid dienone is 1. The zero-order valence-corrected chi connectivity index (χ0v) is 22.7. The van der Waals surface area contributed by atoms with Gasteiger partial charge < -0.3 is 13.9 Å². The highest BCUT2D eigenvalue weighted by Gasteiger charge is 2.21. The van der Waals surface area contributed by atoms with Gasteiger partial charge in [0.05, 0.1) is 11.0 Å². The third-order valence-electron chi connectivity index (χ3n) is 8.36. The van der Waals surface area contributed by atoms with Gasteiger partial charge in [0, 0.05) is 45.0 Å². The number of fused-ring (bicyclic) bond motifs is 5. The first-order valence-electron chi connectivity index (χ1n) is 14.0. The van der Waals surface area contributed by atoms with E-state index in [0.717, 1.165) is 34.9 Å². The first-order chi connectivity index (χ1) is 20.2. The SMILES string of the molecule is C=C(/C=c1\c(=C)oc2ccccc12)N1CCc2cc(-c3ccc4c(c3)c3ccccc3n4-c3ccccc3)ccc21. The van der Waals surface area contributed by atoms with Crippen molar-refractivity contribution in [2.75, 3.05) is 11.4 Å². The van der Waals surface area contributed by atoms with Crippen molar-refractivity contribution in [1.82, 2.24) is 4.57 Å². The summed E-state index contributed by atoms with van der Waals surface area (Å²) in [7, 11) is 0. The second kappa shape index (κ2) is 9.14. The van der Waals surface area contributed by atoms with E-state index in [0.29, 0.717) is 5.42 Å². The summed E-state index contributed by atoms with van der Waals surface area (Å²) in [6, 6.07) is 41.0. The number of anilines is 1. The van der Waals surface area contributed by atoms with Crippen LogP contribution in [-0.4, -0.2) is 11.1 Å². The molecule has 1 aliphatic heterocycles. The Bertz CT molecular complexity index is 2250. The molecule has 0 atom stereocenters. The molecule has 41 heavy (non-hydrogen) atoms. The number of furan rings is 1. The highest BCUT2D eigenvalue weighted by Crippen LogP contribution is 2.38. The molecule has 0 amide bonds. The van der Waals surface area contributed by atoms with Crippen molar-refractivity contribution < 1.29 is 4.42 Å². The van der Waals surface area contributed by atoms with Crippen LogP contribution in [0.3, 0.4) is 0 Å². The molecule has 1 aliphatic rings. The fourth-order valence-electron chi connectivity index (χ4n) is 6.41. The molecule has 3 nitrogen and oxygen atoms in total. The summed E-state index contributed by atoms with van der Waals surface area (Å²) in [5, 5.41) is 4.60. The molecule has 0 saturated carbocycles. The van der Waals surface area contributed by atoms with E-state index in [1.54, 1.807) is 0 Å². The highest BCUT2D eigenvalue weighted by molar-refractivity contribution is 6.10. The molecule has 5 aromatic carbocycles. The molecule has 7 aromatic rings. The van der Waals surface area contributed by atoms with Crippen molar-refractivity contribution in [3.05, 3.63) is 144 Å². The molecule has 8 rings (SSSR count). The number of hydrogen-bond donors (Lipinski definition) is 0. The Morgan fingerprint density at radius 1 is 0.707 bits per heavy atom. The normalized spacial score (nSPS) is 13.5. The van der Waals surface area contributed by atoms with Crippen LogP contribution < -0.4 is 15.5 Å². The minimum absolute atomic E-state index is 0.672. The van der Waals surface area contributed by atoms with Gasteiger partial charge in [0.1, 0.15) is 11.0 Å². The fraction of sp³-hybridized carbons (Fsp3) is 0.0526. The van der Waals surface area contributed by atoms with Gasteiger partial charge in [-0.05, 0) is 77.7 Å². The van der Waals surface area contributed by atoms with Crippen molar-refractivity contribution in [3.8, 4) is 16.8 Å². The van der Waals surface area contributed by atoms with Crippen LogP contribution in [0, 0.1) is 0 Å². The minimum atomic E-state index is 0.672. The first-order valence-corrected chi connectivity index (χ1v) is 14.0. The predicted octanol–water partition coefficient (Wildman–Crippen LogP) is 7.96. The Labute approximate surface area is 238 Å². The van der Waals surface area contributed by atoms with Gasteiger partial charge in [0.25, 0.3) is 0 Å². The number of hydrogen-bond acceptors (Lipinski definition) is 2. The summed E-state index contributed by atoms with van der Waals surface area (Å²) in [5.74, 6) is 0. The van der Waals surface area contributed by atoms with E-state index in [4.69, 9.17) is 4.42 Å². The Kier molecular flexibility index (Phi) is 5.26. The zero-order chi connectivity index (χ0) is 27.5. The molecule has 0 unspecified atom stereocenters. The summed E-state index contributed by atoms with van der Waals surface area (Å²) < 4.78 is 8.24. The summed E-state index contributed by atoms with van der Waals surface area (Å²) in [4.78, 5) is 2.30. The molecule has 0 saturated heterocycles. The maximum absolute atomic E-state index is 5.88.